The lowest BCUT2D eigenvalue weighted by Gasteiger charge is -2.15. The van der Waals surface area contributed by atoms with Crippen LogP contribution in [0.1, 0.15) is 50.8 Å². The molecule has 0 spiro atoms. The van der Waals surface area contributed by atoms with Crippen molar-refractivity contribution in [3.63, 3.8) is 0 Å². The molecule has 1 aromatic heterocycles. The van der Waals surface area contributed by atoms with E-state index in [9.17, 15) is 0 Å². The van der Waals surface area contributed by atoms with Crippen LogP contribution in [0.5, 0.6) is 0 Å². The second kappa shape index (κ2) is 4.30. The smallest absolute Gasteiger partial charge is 0.106 e. The zero-order valence-corrected chi connectivity index (χ0v) is 10.7. The molecule has 3 heteroatoms. The summed E-state index contributed by atoms with van der Waals surface area (Å²) in [7, 11) is 0. The lowest BCUT2D eigenvalue weighted by molar-refractivity contribution is 0.801. The van der Waals surface area contributed by atoms with Crippen LogP contribution >= 0.6 is 15.9 Å². The van der Waals surface area contributed by atoms with E-state index < -0.39 is 0 Å². The van der Waals surface area contributed by atoms with Crippen molar-refractivity contribution in [1.29, 1.82) is 0 Å². The maximum atomic E-state index is 6.07. The van der Waals surface area contributed by atoms with Gasteiger partial charge in [-0.1, -0.05) is 27.7 Å². The Bertz CT molecular complexity index is 303. The predicted molar refractivity (Wildman–Crippen MR) is 64.5 cm³/mol. The molecular weight excluding hydrogens is 240 g/mol. The lowest BCUT2D eigenvalue weighted by atomic mass is 9.98. The molecule has 0 aliphatic heterocycles. The van der Waals surface area contributed by atoms with Crippen LogP contribution in [0.4, 0.5) is 5.69 Å². The Balaban J connectivity index is 3.32. The van der Waals surface area contributed by atoms with Gasteiger partial charge in [0, 0.05) is 0 Å². The number of nitrogens with two attached hydrogens (primary N) is 1. The van der Waals surface area contributed by atoms with Gasteiger partial charge in [0.2, 0.25) is 0 Å². The number of hydrogen-bond acceptors (Lipinski definition) is 2. The highest BCUT2D eigenvalue weighted by molar-refractivity contribution is 9.10. The summed E-state index contributed by atoms with van der Waals surface area (Å²) in [5, 5.41) is 0. The minimum absolute atomic E-state index is 0.366. The first-order valence-corrected chi connectivity index (χ1v) is 5.68. The van der Waals surface area contributed by atoms with Crippen molar-refractivity contribution in [3.05, 3.63) is 21.9 Å². The Morgan fingerprint density at radius 2 is 1.79 bits per heavy atom. The Labute approximate surface area is 94.0 Å². The van der Waals surface area contributed by atoms with E-state index in [1.54, 1.807) is 0 Å². The number of pyridine rings is 1. The number of rotatable bonds is 2. The normalized spacial score (nSPS) is 11.4. The van der Waals surface area contributed by atoms with E-state index in [1.165, 1.54) is 5.56 Å². The van der Waals surface area contributed by atoms with E-state index in [4.69, 9.17) is 5.73 Å². The number of nitrogens with zero attached hydrogens (tertiary/aromatic N) is 1. The van der Waals surface area contributed by atoms with Crippen molar-refractivity contribution >= 4 is 21.6 Å². The van der Waals surface area contributed by atoms with Crippen LogP contribution < -0.4 is 5.73 Å². The van der Waals surface area contributed by atoms with E-state index in [-0.39, 0.29) is 0 Å². The van der Waals surface area contributed by atoms with E-state index in [0.717, 1.165) is 16.0 Å². The van der Waals surface area contributed by atoms with Gasteiger partial charge in [-0.25, -0.2) is 4.98 Å². The van der Waals surface area contributed by atoms with Crippen molar-refractivity contribution in [2.24, 2.45) is 0 Å². The minimum Gasteiger partial charge on any atom is -0.397 e. The van der Waals surface area contributed by atoms with Crippen LogP contribution in [0.25, 0.3) is 0 Å². The molecule has 0 unspecified atom stereocenters. The lowest BCUT2D eigenvalue weighted by Crippen LogP contribution is -2.05. The summed E-state index contributed by atoms with van der Waals surface area (Å²) in [5.74, 6) is 0.803. The fraction of sp³-hybridized carbons (Fsp3) is 0.545. The Hall–Kier alpha value is -0.570. The molecule has 0 aliphatic rings. The Morgan fingerprint density at radius 3 is 2.21 bits per heavy atom. The Kier molecular flexibility index (Phi) is 3.53. The van der Waals surface area contributed by atoms with Gasteiger partial charge < -0.3 is 5.73 Å². The molecule has 0 amide bonds. The third-order valence-electron chi connectivity index (χ3n) is 2.26. The maximum Gasteiger partial charge on any atom is 0.106 e. The van der Waals surface area contributed by atoms with Gasteiger partial charge in [-0.05, 0) is 39.4 Å². The molecule has 1 rings (SSSR count). The number of hydrogen-bond donors (Lipinski definition) is 1. The van der Waals surface area contributed by atoms with Gasteiger partial charge in [-0.15, -0.1) is 0 Å². The van der Waals surface area contributed by atoms with E-state index >= 15 is 0 Å². The summed E-state index contributed by atoms with van der Waals surface area (Å²) in [4.78, 5) is 4.41. The molecule has 2 N–H and O–H groups in total. The minimum atomic E-state index is 0.366. The molecule has 0 bridgehead atoms. The fourth-order valence-electron chi connectivity index (χ4n) is 1.48. The van der Waals surface area contributed by atoms with E-state index in [0.29, 0.717) is 11.8 Å². The highest BCUT2D eigenvalue weighted by Crippen LogP contribution is 2.30. The zero-order valence-electron chi connectivity index (χ0n) is 9.13. The molecule has 78 valence electrons. The molecule has 0 fully saturated rings. The van der Waals surface area contributed by atoms with Crippen LogP contribution in [-0.2, 0) is 0 Å². The molecule has 1 heterocycles. The Morgan fingerprint density at radius 1 is 1.21 bits per heavy atom. The average Bonchev–Trinajstić information content (AvgIpc) is 2.07. The van der Waals surface area contributed by atoms with Gasteiger partial charge in [0.05, 0.1) is 11.4 Å². The first-order chi connectivity index (χ1) is 6.43. The van der Waals surface area contributed by atoms with Gasteiger partial charge >= 0.3 is 0 Å². The largest absolute Gasteiger partial charge is 0.397 e. The van der Waals surface area contributed by atoms with E-state index in [2.05, 4.69) is 48.6 Å². The van der Waals surface area contributed by atoms with Crippen molar-refractivity contribution < 1.29 is 0 Å². The number of halogens is 1. The quantitative estimate of drug-likeness (QED) is 0.821. The molecule has 0 aromatic carbocycles. The monoisotopic (exact) mass is 256 g/mol. The molecule has 0 atom stereocenters. The number of anilines is 1. The third kappa shape index (κ3) is 2.27. The first-order valence-electron chi connectivity index (χ1n) is 4.89. The SMILES string of the molecule is CC(C)c1cc(Br)nc(C(C)C)c1N. The van der Waals surface area contributed by atoms with Crippen LogP contribution in [0.2, 0.25) is 0 Å². The highest BCUT2D eigenvalue weighted by atomic mass is 79.9. The summed E-state index contributed by atoms with van der Waals surface area (Å²) in [6, 6.07) is 2.01. The highest BCUT2D eigenvalue weighted by Gasteiger charge is 2.13. The summed E-state index contributed by atoms with van der Waals surface area (Å²) < 4.78 is 0.874. The second-order valence-electron chi connectivity index (χ2n) is 4.14. The fourth-order valence-corrected chi connectivity index (χ4v) is 1.92. The van der Waals surface area contributed by atoms with Gasteiger partial charge in [0.25, 0.3) is 0 Å². The summed E-state index contributed by atoms with van der Waals surface area (Å²) in [6.45, 7) is 8.49. The van der Waals surface area contributed by atoms with Crippen LogP contribution in [0, 0.1) is 0 Å². The topological polar surface area (TPSA) is 38.9 Å². The van der Waals surface area contributed by atoms with Crippen molar-refractivity contribution in [2.45, 2.75) is 39.5 Å². The standard InChI is InChI=1S/C11H17BrN2/c1-6(2)8-5-9(12)14-11(7(3)4)10(8)13/h5-7H,13H2,1-4H3. The van der Waals surface area contributed by atoms with Crippen LogP contribution in [0.15, 0.2) is 10.7 Å². The van der Waals surface area contributed by atoms with Gasteiger partial charge in [0.15, 0.2) is 0 Å². The molecule has 0 saturated heterocycles. The molecule has 0 aliphatic carbocycles. The van der Waals surface area contributed by atoms with Gasteiger partial charge in [-0.2, -0.15) is 0 Å². The third-order valence-corrected chi connectivity index (χ3v) is 2.66. The van der Waals surface area contributed by atoms with Crippen molar-refractivity contribution in [3.8, 4) is 0 Å². The van der Waals surface area contributed by atoms with Gasteiger partial charge in [-0.3, -0.25) is 0 Å². The first kappa shape index (κ1) is 11.5. The maximum absolute atomic E-state index is 6.07. The molecule has 0 saturated carbocycles. The molecule has 1 aromatic rings. The second-order valence-corrected chi connectivity index (χ2v) is 4.96. The van der Waals surface area contributed by atoms with Crippen LogP contribution in [0.3, 0.4) is 0 Å². The summed E-state index contributed by atoms with van der Waals surface area (Å²) >= 11 is 3.42. The summed E-state index contributed by atoms with van der Waals surface area (Å²) in [6.07, 6.45) is 0. The zero-order chi connectivity index (χ0) is 10.9. The van der Waals surface area contributed by atoms with Crippen molar-refractivity contribution in [1.82, 2.24) is 4.98 Å². The molecule has 0 radical (unpaired) electrons. The number of aromatic nitrogens is 1. The summed E-state index contributed by atoms with van der Waals surface area (Å²) in [5.41, 5.74) is 9.08. The van der Waals surface area contributed by atoms with E-state index in [1.807, 2.05) is 6.07 Å². The molecule has 14 heavy (non-hydrogen) atoms. The van der Waals surface area contributed by atoms with Crippen LogP contribution in [-0.4, -0.2) is 4.98 Å². The average molecular weight is 257 g/mol. The number of nitrogen functional groups attached to an aromatic ring is 1. The van der Waals surface area contributed by atoms with Gasteiger partial charge in [0.1, 0.15) is 4.60 Å². The molecular formula is C11H17BrN2. The predicted octanol–water partition coefficient (Wildman–Crippen LogP) is 3.67. The van der Waals surface area contributed by atoms with Crippen molar-refractivity contribution in [2.75, 3.05) is 5.73 Å². The molecule has 2 nitrogen and oxygen atoms in total.